The van der Waals surface area contributed by atoms with Crippen LogP contribution in [0.3, 0.4) is 0 Å². The molecule has 3 N–H and O–H groups in total. The van der Waals surface area contributed by atoms with Gasteiger partial charge in [0.15, 0.2) is 11.3 Å². The number of benzene rings is 1. The third-order valence-electron chi connectivity index (χ3n) is 4.62. The Morgan fingerprint density at radius 2 is 1.96 bits per heavy atom. The number of nitriles is 1. The largest absolute Gasteiger partial charge is 0.473 e. The zero-order valence-corrected chi connectivity index (χ0v) is 14.3. The zero-order valence-electron chi connectivity index (χ0n) is 14.3. The van der Waals surface area contributed by atoms with E-state index in [-0.39, 0.29) is 12.1 Å². The second-order valence-electron chi connectivity index (χ2n) is 6.53. The van der Waals surface area contributed by atoms with Crippen LogP contribution in [0, 0.1) is 11.3 Å². The predicted molar refractivity (Wildman–Crippen MR) is 98.3 cm³/mol. The normalized spacial score (nSPS) is 19.8. The molecule has 2 heterocycles. The standard InChI is InChI=1S/C19H20N6O/c20-11-15-12-22-19-17(23-14-4-2-1-3-5-14)10-18(24-25(15)19)26-16-8-6-13(21)7-9-16/h1-5,10,12-13,16,23H,6-9,21H2. The van der Waals surface area contributed by atoms with Gasteiger partial charge in [0, 0.05) is 17.8 Å². The van der Waals surface area contributed by atoms with Crippen molar-refractivity contribution in [3.05, 3.63) is 48.3 Å². The molecular weight excluding hydrogens is 328 g/mol. The summed E-state index contributed by atoms with van der Waals surface area (Å²) in [6.07, 6.45) is 5.35. The number of aromatic nitrogens is 3. The summed E-state index contributed by atoms with van der Waals surface area (Å²) in [5.74, 6) is 0.478. The number of para-hydroxylation sites is 1. The Labute approximate surface area is 151 Å². The molecule has 1 aliphatic carbocycles. The van der Waals surface area contributed by atoms with E-state index in [0.717, 1.165) is 37.1 Å². The quantitative estimate of drug-likeness (QED) is 0.751. The molecule has 132 valence electrons. The Hall–Kier alpha value is -3.11. The molecule has 26 heavy (non-hydrogen) atoms. The summed E-state index contributed by atoms with van der Waals surface area (Å²) >= 11 is 0. The minimum Gasteiger partial charge on any atom is -0.473 e. The van der Waals surface area contributed by atoms with E-state index in [4.69, 9.17) is 10.5 Å². The van der Waals surface area contributed by atoms with Crippen LogP contribution < -0.4 is 15.8 Å². The van der Waals surface area contributed by atoms with E-state index in [1.165, 1.54) is 10.7 Å². The summed E-state index contributed by atoms with van der Waals surface area (Å²) in [5.41, 5.74) is 8.60. The third-order valence-corrected chi connectivity index (χ3v) is 4.62. The van der Waals surface area contributed by atoms with Gasteiger partial charge >= 0.3 is 0 Å². The van der Waals surface area contributed by atoms with Gasteiger partial charge in [-0.25, -0.2) is 4.98 Å². The van der Waals surface area contributed by atoms with Gasteiger partial charge in [-0.3, -0.25) is 0 Å². The molecule has 3 aromatic rings. The molecule has 2 aromatic heterocycles. The molecule has 7 heteroatoms. The number of fused-ring (bicyclic) bond motifs is 1. The molecule has 0 unspecified atom stereocenters. The van der Waals surface area contributed by atoms with Crippen LogP contribution in [0.5, 0.6) is 5.88 Å². The van der Waals surface area contributed by atoms with Crippen LogP contribution >= 0.6 is 0 Å². The van der Waals surface area contributed by atoms with Gasteiger partial charge in [0.2, 0.25) is 5.88 Å². The van der Waals surface area contributed by atoms with E-state index >= 15 is 0 Å². The average molecular weight is 348 g/mol. The van der Waals surface area contributed by atoms with Gasteiger partial charge in [-0.05, 0) is 37.8 Å². The summed E-state index contributed by atoms with van der Waals surface area (Å²) in [5, 5.41) is 17.1. The van der Waals surface area contributed by atoms with Crippen LogP contribution in [0.1, 0.15) is 31.4 Å². The Kier molecular flexibility index (Phi) is 4.42. The van der Waals surface area contributed by atoms with Crippen LogP contribution in [0.25, 0.3) is 5.65 Å². The lowest BCUT2D eigenvalue weighted by Gasteiger charge is -2.26. The monoisotopic (exact) mass is 348 g/mol. The third kappa shape index (κ3) is 3.32. The summed E-state index contributed by atoms with van der Waals surface area (Å²) in [6, 6.07) is 14.0. The van der Waals surface area contributed by atoms with Crippen LogP contribution in [0.2, 0.25) is 0 Å². The fourth-order valence-corrected chi connectivity index (χ4v) is 3.23. The number of hydrogen-bond acceptors (Lipinski definition) is 6. The molecule has 1 saturated carbocycles. The molecular formula is C19H20N6O. The number of anilines is 2. The number of nitrogens with zero attached hydrogens (tertiary/aromatic N) is 4. The van der Waals surface area contributed by atoms with E-state index < -0.39 is 0 Å². The molecule has 4 rings (SSSR count). The Morgan fingerprint density at radius 1 is 1.19 bits per heavy atom. The highest BCUT2D eigenvalue weighted by Crippen LogP contribution is 2.27. The number of imidazole rings is 1. The lowest BCUT2D eigenvalue weighted by atomic mass is 9.94. The molecule has 0 saturated heterocycles. The Bertz CT molecular complexity index is 938. The summed E-state index contributed by atoms with van der Waals surface area (Å²) < 4.78 is 7.62. The summed E-state index contributed by atoms with van der Waals surface area (Å²) in [4.78, 5) is 4.33. The van der Waals surface area contributed by atoms with Crippen LogP contribution in [-0.4, -0.2) is 26.7 Å². The number of hydrogen-bond donors (Lipinski definition) is 2. The van der Waals surface area contributed by atoms with Gasteiger partial charge < -0.3 is 15.8 Å². The van der Waals surface area contributed by atoms with Crippen molar-refractivity contribution in [3.8, 4) is 11.9 Å². The fraction of sp³-hybridized carbons (Fsp3) is 0.316. The minimum atomic E-state index is 0.0957. The number of ether oxygens (including phenoxy) is 1. The van der Waals surface area contributed by atoms with Crippen molar-refractivity contribution in [2.45, 2.75) is 37.8 Å². The zero-order chi connectivity index (χ0) is 17.9. The molecule has 1 aromatic carbocycles. The van der Waals surface area contributed by atoms with Crippen molar-refractivity contribution in [1.29, 1.82) is 5.26 Å². The van der Waals surface area contributed by atoms with Crippen molar-refractivity contribution in [3.63, 3.8) is 0 Å². The molecule has 0 bridgehead atoms. The van der Waals surface area contributed by atoms with E-state index in [1.807, 2.05) is 36.4 Å². The topological polar surface area (TPSA) is 101 Å². The number of nitrogens with one attached hydrogen (secondary N) is 1. The molecule has 7 nitrogen and oxygen atoms in total. The molecule has 0 radical (unpaired) electrons. The van der Waals surface area contributed by atoms with Gasteiger partial charge in [-0.1, -0.05) is 18.2 Å². The predicted octanol–water partition coefficient (Wildman–Crippen LogP) is 2.99. The SMILES string of the molecule is N#Cc1cnc2c(Nc3ccccc3)cc(OC3CCC(N)CC3)nn12. The van der Waals surface area contributed by atoms with Crippen molar-refractivity contribution < 1.29 is 4.74 Å². The first-order valence-electron chi connectivity index (χ1n) is 8.76. The number of rotatable bonds is 4. The molecule has 1 aliphatic rings. The van der Waals surface area contributed by atoms with Crippen LogP contribution in [0.15, 0.2) is 42.6 Å². The smallest absolute Gasteiger partial charge is 0.234 e. The van der Waals surface area contributed by atoms with Crippen LogP contribution in [0.4, 0.5) is 11.4 Å². The highest BCUT2D eigenvalue weighted by molar-refractivity contribution is 5.74. The molecule has 0 atom stereocenters. The van der Waals surface area contributed by atoms with Crippen molar-refractivity contribution >= 4 is 17.0 Å². The lowest BCUT2D eigenvalue weighted by Crippen LogP contribution is -2.32. The van der Waals surface area contributed by atoms with E-state index in [9.17, 15) is 5.26 Å². The Balaban J connectivity index is 1.68. The second-order valence-corrected chi connectivity index (χ2v) is 6.53. The van der Waals surface area contributed by atoms with Crippen LogP contribution in [-0.2, 0) is 0 Å². The van der Waals surface area contributed by atoms with E-state index in [1.54, 1.807) is 0 Å². The second kappa shape index (κ2) is 7.02. The first kappa shape index (κ1) is 16.4. The minimum absolute atomic E-state index is 0.0957. The van der Waals surface area contributed by atoms with Gasteiger partial charge in [-0.15, -0.1) is 5.10 Å². The van der Waals surface area contributed by atoms with Gasteiger partial charge in [0.25, 0.3) is 0 Å². The highest BCUT2D eigenvalue weighted by atomic mass is 16.5. The van der Waals surface area contributed by atoms with Gasteiger partial charge in [0.1, 0.15) is 12.2 Å². The maximum atomic E-state index is 9.32. The maximum absolute atomic E-state index is 9.32. The summed E-state index contributed by atoms with van der Waals surface area (Å²) in [7, 11) is 0. The van der Waals surface area contributed by atoms with Gasteiger partial charge in [-0.2, -0.15) is 9.78 Å². The van der Waals surface area contributed by atoms with Crippen molar-refractivity contribution in [1.82, 2.24) is 14.6 Å². The number of nitrogens with two attached hydrogens (primary N) is 1. The Morgan fingerprint density at radius 3 is 2.69 bits per heavy atom. The first-order chi connectivity index (χ1) is 12.7. The average Bonchev–Trinajstić information content (AvgIpc) is 3.08. The fourth-order valence-electron chi connectivity index (χ4n) is 3.23. The van der Waals surface area contributed by atoms with Gasteiger partial charge in [0.05, 0.1) is 11.9 Å². The van der Waals surface area contributed by atoms with Crippen molar-refractivity contribution in [2.75, 3.05) is 5.32 Å². The molecule has 0 amide bonds. The van der Waals surface area contributed by atoms with E-state index in [0.29, 0.717) is 17.2 Å². The maximum Gasteiger partial charge on any atom is 0.234 e. The molecule has 0 spiro atoms. The highest BCUT2D eigenvalue weighted by Gasteiger charge is 2.21. The first-order valence-corrected chi connectivity index (χ1v) is 8.76. The molecule has 0 aliphatic heterocycles. The summed E-state index contributed by atoms with van der Waals surface area (Å²) in [6.45, 7) is 0. The van der Waals surface area contributed by atoms with Crippen molar-refractivity contribution in [2.24, 2.45) is 5.73 Å². The lowest BCUT2D eigenvalue weighted by molar-refractivity contribution is 0.139. The molecule has 1 fully saturated rings. The van der Waals surface area contributed by atoms with E-state index in [2.05, 4.69) is 21.5 Å².